The monoisotopic (exact) mass is 319 g/mol. The number of halogens is 1. The van der Waals surface area contributed by atoms with E-state index in [0.717, 1.165) is 24.3 Å². The first-order chi connectivity index (χ1) is 10.6. The van der Waals surface area contributed by atoms with Crippen LogP contribution in [0.3, 0.4) is 0 Å². The van der Waals surface area contributed by atoms with Gasteiger partial charge in [-0.05, 0) is 31.0 Å². The SMILES string of the molecule is COc1cc(C(=O)N2CCC(n3cc(Cl)cn3)C2)ccc1C. The fourth-order valence-electron chi connectivity index (χ4n) is 2.79. The second kappa shape index (κ2) is 6.01. The van der Waals surface area contributed by atoms with Gasteiger partial charge in [0.05, 0.1) is 24.4 Å². The number of benzene rings is 1. The molecule has 2 aromatic rings. The second-order valence-corrected chi connectivity index (χ2v) is 5.95. The van der Waals surface area contributed by atoms with Gasteiger partial charge in [0.25, 0.3) is 5.91 Å². The van der Waals surface area contributed by atoms with Crippen LogP contribution in [0.4, 0.5) is 0 Å². The quantitative estimate of drug-likeness (QED) is 0.874. The molecular formula is C16H18ClN3O2. The summed E-state index contributed by atoms with van der Waals surface area (Å²) in [6.45, 7) is 3.32. The molecule has 3 rings (SSSR count). The van der Waals surface area contributed by atoms with Crippen molar-refractivity contribution in [2.24, 2.45) is 0 Å². The number of hydrogen-bond acceptors (Lipinski definition) is 3. The first kappa shape index (κ1) is 14.9. The van der Waals surface area contributed by atoms with Crippen LogP contribution in [-0.4, -0.2) is 40.8 Å². The van der Waals surface area contributed by atoms with E-state index in [0.29, 0.717) is 17.1 Å². The Bertz CT molecular complexity index is 698. The number of carbonyl (C=O) groups is 1. The van der Waals surface area contributed by atoms with Crippen LogP contribution in [0.2, 0.25) is 5.02 Å². The van der Waals surface area contributed by atoms with E-state index < -0.39 is 0 Å². The van der Waals surface area contributed by atoms with Crippen molar-refractivity contribution in [2.45, 2.75) is 19.4 Å². The average Bonchev–Trinajstić information content (AvgIpc) is 3.15. The summed E-state index contributed by atoms with van der Waals surface area (Å²) in [5, 5.41) is 4.85. The minimum atomic E-state index is 0.0269. The molecule has 6 heteroatoms. The standard InChI is InChI=1S/C16H18ClN3O2/c1-11-3-4-12(7-15(11)22-2)16(21)19-6-5-14(10-19)20-9-13(17)8-18-20/h3-4,7-9,14H,5-6,10H2,1-2H3. The maximum atomic E-state index is 12.6. The number of aryl methyl sites for hydroxylation is 1. The fraction of sp³-hybridized carbons (Fsp3) is 0.375. The normalized spacial score (nSPS) is 17.8. The Labute approximate surface area is 134 Å². The maximum absolute atomic E-state index is 12.6. The molecule has 1 atom stereocenters. The molecule has 116 valence electrons. The zero-order valence-electron chi connectivity index (χ0n) is 12.6. The smallest absolute Gasteiger partial charge is 0.254 e. The maximum Gasteiger partial charge on any atom is 0.254 e. The van der Waals surface area contributed by atoms with E-state index in [4.69, 9.17) is 16.3 Å². The lowest BCUT2D eigenvalue weighted by atomic mass is 10.1. The molecule has 0 aliphatic carbocycles. The molecule has 0 radical (unpaired) electrons. The van der Waals surface area contributed by atoms with Gasteiger partial charge in [-0.25, -0.2) is 0 Å². The summed E-state index contributed by atoms with van der Waals surface area (Å²) in [5.74, 6) is 0.763. The van der Waals surface area contributed by atoms with Gasteiger partial charge in [-0.15, -0.1) is 0 Å². The van der Waals surface area contributed by atoms with Crippen molar-refractivity contribution in [1.29, 1.82) is 0 Å². The molecule has 1 fully saturated rings. The van der Waals surface area contributed by atoms with Gasteiger partial charge in [0.2, 0.25) is 0 Å². The third-order valence-corrected chi connectivity index (χ3v) is 4.24. The molecule has 0 spiro atoms. The van der Waals surface area contributed by atoms with Crippen molar-refractivity contribution >= 4 is 17.5 Å². The highest BCUT2D eigenvalue weighted by Crippen LogP contribution is 2.25. The molecule has 1 amide bonds. The molecule has 0 saturated carbocycles. The number of nitrogens with zero attached hydrogens (tertiary/aromatic N) is 3. The van der Waals surface area contributed by atoms with E-state index in [9.17, 15) is 4.79 Å². The molecule has 0 bridgehead atoms. The van der Waals surface area contributed by atoms with Crippen LogP contribution < -0.4 is 4.74 Å². The average molecular weight is 320 g/mol. The van der Waals surface area contributed by atoms with E-state index in [1.54, 1.807) is 25.6 Å². The van der Waals surface area contributed by atoms with Crippen molar-refractivity contribution in [1.82, 2.24) is 14.7 Å². The van der Waals surface area contributed by atoms with E-state index in [2.05, 4.69) is 5.10 Å². The van der Waals surface area contributed by atoms with E-state index >= 15 is 0 Å². The predicted molar refractivity (Wildman–Crippen MR) is 84.5 cm³/mol. The number of aromatic nitrogens is 2. The van der Waals surface area contributed by atoms with E-state index in [-0.39, 0.29) is 11.9 Å². The van der Waals surface area contributed by atoms with Crippen molar-refractivity contribution in [3.8, 4) is 5.75 Å². The third-order valence-electron chi connectivity index (χ3n) is 4.05. The van der Waals surface area contributed by atoms with Gasteiger partial charge in [0.15, 0.2) is 0 Å². The second-order valence-electron chi connectivity index (χ2n) is 5.52. The summed E-state index contributed by atoms with van der Waals surface area (Å²) in [4.78, 5) is 14.5. The highest BCUT2D eigenvalue weighted by Gasteiger charge is 2.28. The molecular weight excluding hydrogens is 302 g/mol. The fourth-order valence-corrected chi connectivity index (χ4v) is 2.94. The molecule has 1 aromatic heterocycles. The van der Waals surface area contributed by atoms with Gasteiger partial charge in [0, 0.05) is 24.8 Å². The van der Waals surface area contributed by atoms with Crippen LogP contribution in [0.15, 0.2) is 30.6 Å². The van der Waals surface area contributed by atoms with Gasteiger partial charge in [-0.3, -0.25) is 9.48 Å². The van der Waals surface area contributed by atoms with E-state index in [1.165, 1.54) is 0 Å². The number of likely N-dealkylation sites (tertiary alicyclic amines) is 1. The van der Waals surface area contributed by atoms with Gasteiger partial charge >= 0.3 is 0 Å². The third kappa shape index (κ3) is 2.81. The Morgan fingerprint density at radius 1 is 1.45 bits per heavy atom. The summed E-state index contributed by atoms with van der Waals surface area (Å²) in [7, 11) is 1.62. The van der Waals surface area contributed by atoms with Gasteiger partial charge in [-0.1, -0.05) is 17.7 Å². The zero-order valence-corrected chi connectivity index (χ0v) is 13.4. The Morgan fingerprint density at radius 2 is 2.27 bits per heavy atom. The number of rotatable bonds is 3. The summed E-state index contributed by atoms with van der Waals surface area (Å²) in [6.07, 6.45) is 4.30. The zero-order chi connectivity index (χ0) is 15.7. The van der Waals surface area contributed by atoms with Crippen LogP contribution in [0.25, 0.3) is 0 Å². The summed E-state index contributed by atoms with van der Waals surface area (Å²) < 4.78 is 7.13. The molecule has 2 heterocycles. The lowest BCUT2D eigenvalue weighted by Crippen LogP contribution is -2.29. The molecule has 0 N–H and O–H groups in total. The van der Waals surface area contributed by atoms with E-state index in [1.807, 2.05) is 28.6 Å². The van der Waals surface area contributed by atoms with Crippen LogP contribution in [-0.2, 0) is 0 Å². The first-order valence-corrected chi connectivity index (χ1v) is 7.60. The summed E-state index contributed by atoms with van der Waals surface area (Å²) in [5.41, 5.74) is 1.67. The first-order valence-electron chi connectivity index (χ1n) is 7.22. The largest absolute Gasteiger partial charge is 0.496 e. The number of amides is 1. The molecule has 1 aliphatic rings. The van der Waals surface area contributed by atoms with Crippen LogP contribution in [0, 0.1) is 6.92 Å². The number of ether oxygens (including phenoxy) is 1. The Kier molecular flexibility index (Phi) is 4.07. The predicted octanol–water partition coefficient (Wildman–Crippen LogP) is 2.94. The Morgan fingerprint density at radius 3 is 2.95 bits per heavy atom. The number of hydrogen-bond donors (Lipinski definition) is 0. The minimum absolute atomic E-state index is 0.0269. The van der Waals surface area contributed by atoms with Gasteiger partial charge < -0.3 is 9.64 Å². The summed E-state index contributed by atoms with van der Waals surface area (Å²) >= 11 is 5.90. The molecule has 1 unspecified atom stereocenters. The number of carbonyl (C=O) groups excluding carboxylic acids is 1. The molecule has 5 nitrogen and oxygen atoms in total. The van der Waals surface area contributed by atoms with Crippen molar-refractivity contribution in [2.75, 3.05) is 20.2 Å². The lowest BCUT2D eigenvalue weighted by Gasteiger charge is -2.17. The number of methoxy groups -OCH3 is 1. The topological polar surface area (TPSA) is 47.4 Å². The lowest BCUT2D eigenvalue weighted by molar-refractivity contribution is 0.0786. The highest BCUT2D eigenvalue weighted by atomic mass is 35.5. The van der Waals surface area contributed by atoms with Crippen LogP contribution >= 0.6 is 11.6 Å². The molecule has 1 saturated heterocycles. The van der Waals surface area contributed by atoms with Crippen molar-refractivity contribution in [3.05, 3.63) is 46.7 Å². The highest BCUT2D eigenvalue weighted by molar-refractivity contribution is 6.30. The summed E-state index contributed by atoms with van der Waals surface area (Å²) in [6, 6.07) is 5.74. The van der Waals surface area contributed by atoms with Gasteiger partial charge in [0.1, 0.15) is 5.75 Å². The Hall–Kier alpha value is -2.01. The minimum Gasteiger partial charge on any atom is -0.496 e. The molecule has 1 aliphatic heterocycles. The van der Waals surface area contributed by atoms with Crippen LogP contribution in [0.5, 0.6) is 5.75 Å². The van der Waals surface area contributed by atoms with Gasteiger partial charge in [-0.2, -0.15) is 5.10 Å². The molecule has 22 heavy (non-hydrogen) atoms. The van der Waals surface area contributed by atoms with Crippen molar-refractivity contribution in [3.63, 3.8) is 0 Å². The van der Waals surface area contributed by atoms with Crippen LogP contribution in [0.1, 0.15) is 28.4 Å². The van der Waals surface area contributed by atoms with Crippen molar-refractivity contribution < 1.29 is 9.53 Å². The Balaban J connectivity index is 1.74. The molecule has 1 aromatic carbocycles.